The van der Waals surface area contributed by atoms with Gasteiger partial charge in [0.2, 0.25) is 0 Å². The van der Waals surface area contributed by atoms with Crippen molar-refractivity contribution in [1.29, 1.82) is 0 Å². The van der Waals surface area contributed by atoms with Gasteiger partial charge in [0, 0.05) is 24.5 Å². The Labute approximate surface area is 114 Å². The summed E-state index contributed by atoms with van der Waals surface area (Å²) in [5.41, 5.74) is 7.51. The Morgan fingerprint density at radius 3 is 2.28 bits per heavy atom. The molecule has 2 nitrogen and oxygen atoms in total. The van der Waals surface area contributed by atoms with E-state index in [2.05, 4.69) is 23.3 Å². The molecule has 2 aliphatic rings. The van der Waals surface area contributed by atoms with Crippen molar-refractivity contribution in [2.45, 2.75) is 38.6 Å². The third-order valence-corrected chi connectivity index (χ3v) is 5.37. The van der Waals surface area contributed by atoms with Crippen LogP contribution in [0.5, 0.6) is 0 Å². The lowest BCUT2D eigenvalue weighted by Crippen LogP contribution is -2.36. The van der Waals surface area contributed by atoms with Crippen molar-refractivity contribution in [3.05, 3.63) is 21.9 Å². The first kappa shape index (κ1) is 12.6. The van der Waals surface area contributed by atoms with Crippen LogP contribution in [-0.4, -0.2) is 24.5 Å². The molecule has 2 aliphatic carbocycles. The topological polar surface area (TPSA) is 29.3 Å². The lowest BCUT2D eigenvalue weighted by atomic mass is 10.1. The van der Waals surface area contributed by atoms with Crippen LogP contribution in [0.2, 0.25) is 0 Å². The van der Waals surface area contributed by atoms with Crippen LogP contribution >= 0.6 is 11.3 Å². The van der Waals surface area contributed by atoms with Gasteiger partial charge in [-0.25, -0.2) is 0 Å². The van der Waals surface area contributed by atoms with Crippen LogP contribution in [0.25, 0.3) is 0 Å². The van der Waals surface area contributed by atoms with E-state index in [1.54, 1.807) is 0 Å². The van der Waals surface area contributed by atoms with Gasteiger partial charge >= 0.3 is 0 Å². The second kappa shape index (κ2) is 5.32. The second-order valence-electron chi connectivity index (χ2n) is 6.06. The van der Waals surface area contributed by atoms with Crippen molar-refractivity contribution in [2.75, 3.05) is 19.6 Å². The number of hydrogen-bond acceptors (Lipinski definition) is 3. The molecule has 0 aliphatic heterocycles. The summed E-state index contributed by atoms with van der Waals surface area (Å²) in [5.74, 6) is 1.91. The molecule has 1 unspecified atom stereocenters. The van der Waals surface area contributed by atoms with Crippen LogP contribution in [0.15, 0.2) is 11.4 Å². The SMILES string of the molecule is Cc1ccsc1C(CN)N(CC1CC1)CC1CC1. The molecular weight excluding hydrogens is 240 g/mol. The Balaban J connectivity index is 1.73. The van der Waals surface area contributed by atoms with Gasteiger partial charge in [-0.3, -0.25) is 4.90 Å². The molecule has 1 heterocycles. The Kier molecular flexibility index (Phi) is 3.73. The number of nitrogens with two attached hydrogens (primary N) is 1. The van der Waals surface area contributed by atoms with Gasteiger partial charge in [-0.2, -0.15) is 0 Å². The third kappa shape index (κ3) is 2.95. The summed E-state index contributed by atoms with van der Waals surface area (Å²) in [6, 6.07) is 2.70. The molecule has 3 heteroatoms. The first-order chi connectivity index (χ1) is 8.78. The normalized spacial score (nSPS) is 21.5. The van der Waals surface area contributed by atoms with Gasteiger partial charge < -0.3 is 5.73 Å². The predicted molar refractivity (Wildman–Crippen MR) is 77.9 cm³/mol. The van der Waals surface area contributed by atoms with Crippen LogP contribution in [0.3, 0.4) is 0 Å². The minimum Gasteiger partial charge on any atom is -0.329 e. The van der Waals surface area contributed by atoms with Crippen molar-refractivity contribution < 1.29 is 0 Å². The van der Waals surface area contributed by atoms with Crippen LogP contribution in [-0.2, 0) is 0 Å². The van der Waals surface area contributed by atoms with Crippen molar-refractivity contribution in [1.82, 2.24) is 4.90 Å². The van der Waals surface area contributed by atoms with Gasteiger partial charge in [0.15, 0.2) is 0 Å². The Morgan fingerprint density at radius 1 is 1.28 bits per heavy atom. The summed E-state index contributed by atoms with van der Waals surface area (Å²) in [5, 5.41) is 2.21. The monoisotopic (exact) mass is 264 g/mol. The molecule has 1 aromatic heterocycles. The minimum absolute atomic E-state index is 0.464. The van der Waals surface area contributed by atoms with E-state index in [9.17, 15) is 0 Å². The second-order valence-corrected chi connectivity index (χ2v) is 7.01. The number of hydrogen-bond donors (Lipinski definition) is 1. The standard InChI is InChI=1S/C15H24N2S/c1-11-6-7-18-15(11)14(8-16)17(9-12-2-3-12)10-13-4-5-13/h6-7,12-14H,2-5,8-10,16H2,1H3. The molecule has 2 fully saturated rings. The molecule has 1 atom stereocenters. The van der Waals surface area contributed by atoms with Crippen LogP contribution < -0.4 is 5.73 Å². The Hall–Kier alpha value is -0.380. The van der Waals surface area contributed by atoms with Crippen molar-refractivity contribution in [3.8, 4) is 0 Å². The van der Waals surface area contributed by atoms with E-state index in [0.29, 0.717) is 6.04 Å². The molecule has 0 amide bonds. The zero-order valence-electron chi connectivity index (χ0n) is 11.3. The van der Waals surface area contributed by atoms with E-state index in [-0.39, 0.29) is 0 Å². The van der Waals surface area contributed by atoms with E-state index >= 15 is 0 Å². The van der Waals surface area contributed by atoms with Gasteiger partial charge in [-0.15, -0.1) is 11.3 Å². The molecule has 0 radical (unpaired) electrons. The van der Waals surface area contributed by atoms with Gasteiger partial charge in [0.25, 0.3) is 0 Å². The Morgan fingerprint density at radius 2 is 1.89 bits per heavy atom. The molecular formula is C15H24N2S. The summed E-state index contributed by atoms with van der Waals surface area (Å²) in [4.78, 5) is 4.19. The summed E-state index contributed by atoms with van der Waals surface area (Å²) < 4.78 is 0. The van der Waals surface area contributed by atoms with Crippen molar-refractivity contribution >= 4 is 11.3 Å². The van der Waals surface area contributed by atoms with E-state index in [1.165, 1.54) is 49.2 Å². The van der Waals surface area contributed by atoms with Gasteiger partial charge in [0.1, 0.15) is 0 Å². The van der Waals surface area contributed by atoms with Gasteiger partial charge in [0.05, 0.1) is 6.04 Å². The van der Waals surface area contributed by atoms with Crippen LogP contribution in [0.4, 0.5) is 0 Å². The molecule has 2 saturated carbocycles. The van der Waals surface area contributed by atoms with Crippen molar-refractivity contribution in [3.63, 3.8) is 0 Å². The summed E-state index contributed by atoms with van der Waals surface area (Å²) in [6.07, 6.45) is 5.73. The van der Waals surface area contributed by atoms with E-state index in [0.717, 1.165) is 18.4 Å². The maximum Gasteiger partial charge on any atom is 0.0567 e. The maximum atomic E-state index is 6.09. The first-order valence-electron chi connectivity index (χ1n) is 7.26. The van der Waals surface area contributed by atoms with Gasteiger partial charge in [-0.1, -0.05) is 0 Å². The van der Waals surface area contributed by atoms with Crippen molar-refractivity contribution in [2.24, 2.45) is 17.6 Å². The minimum atomic E-state index is 0.464. The molecule has 1 aromatic rings. The molecule has 0 spiro atoms. The maximum absolute atomic E-state index is 6.09. The highest BCUT2D eigenvalue weighted by atomic mass is 32.1. The summed E-state index contributed by atoms with van der Waals surface area (Å²) >= 11 is 1.88. The molecule has 0 saturated heterocycles. The number of aryl methyl sites for hydroxylation is 1. The molecule has 0 bridgehead atoms. The summed E-state index contributed by atoms with van der Waals surface area (Å²) in [6.45, 7) is 5.53. The number of thiophene rings is 1. The smallest absolute Gasteiger partial charge is 0.0567 e. The average Bonchev–Trinajstić information content (AvgIpc) is 3.25. The molecule has 3 rings (SSSR count). The lowest BCUT2D eigenvalue weighted by molar-refractivity contribution is 0.187. The molecule has 2 N–H and O–H groups in total. The third-order valence-electron chi connectivity index (χ3n) is 4.25. The zero-order valence-corrected chi connectivity index (χ0v) is 12.1. The number of nitrogens with zero attached hydrogens (tertiary/aromatic N) is 1. The van der Waals surface area contributed by atoms with E-state index in [1.807, 2.05) is 11.3 Å². The van der Waals surface area contributed by atoms with Crippen LogP contribution in [0, 0.1) is 18.8 Å². The Bertz CT molecular complexity index is 379. The largest absolute Gasteiger partial charge is 0.329 e. The fourth-order valence-electron chi connectivity index (χ4n) is 2.74. The molecule has 0 aromatic carbocycles. The zero-order chi connectivity index (χ0) is 12.5. The highest BCUT2D eigenvalue weighted by Crippen LogP contribution is 2.38. The highest BCUT2D eigenvalue weighted by Gasteiger charge is 2.33. The molecule has 18 heavy (non-hydrogen) atoms. The highest BCUT2D eigenvalue weighted by molar-refractivity contribution is 7.10. The predicted octanol–water partition coefficient (Wildman–Crippen LogP) is 3.18. The summed E-state index contributed by atoms with van der Waals surface area (Å²) in [7, 11) is 0. The van der Waals surface area contributed by atoms with E-state index < -0.39 is 0 Å². The number of rotatable bonds is 7. The fourth-order valence-corrected chi connectivity index (χ4v) is 3.82. The molecule has 100 valence electrons. The average molecular weight is 264 g/mol. The fraction of sp³-hybridized carbons (Fsp3) is 0.733. The first-order valence-corrected chi connectivity index (χ1v) is 8.14. The van der Waals surface area contributed by atoms with Crippen LogP contribution in [0.1, 0.15) is 42.2 Å². The van der Waals surface area contributed by atoms with Gasteiger partial charge in [-0.05, 0) is 61.5 Å². The lowest BCUT2D eigenvalue weighted by Gasteiger charge is -2.31. The van der Waals surface area contributed by atoms with E-state index in [4.69, 9.17) is 5.73 Å². The quantitative estimate of drug-likeness (QED) is 0.819.